The number of halogens is 3. The lowest BCUT2D eigenvalue weighted by Gasteiger charge is -2.35. The summed E-state index contributed by atoms with van der Waals surface area (Å²) in [6.07, 6.45) is 3.29. The Kier molecular flexibility index (Phi) is 4.49. The first-order chi connectivity index (χ1) is 12.0. The Morgan fingerprint density at radius 2 is 2.00 bits per heavy atom. The van der Waals surface area contributed by atoms with E-state index in [9.17, 15) is 18.0 Å². The van der Waals surface area contributed by atoms with Crippen LogP contribution in [-0.2, 0) is 0 Å². The first-order valence-electron chi connectivity index (χ1n) is 8.73. The predicted molar refractivity (Wildman–Crippen MR) is 94.8 cm³/mol. The predicted octanol–water partition coefficient (Wildman–Crippen LogP) is 5.10. The highest BCUT2D eigenvalue weighted by atomic mass is 19.3. The van der Waals surface area contributed by atoms with E-state index in [0.717, 1.165) is 19.8 Å². The van der Waals surface area contributed by atoms with E-state index in [1.165, 1.54) is 24.4 Å². The summed E-state index contributed by atoms with van der Waals surface area (Å²) in [7, 11) is 0. The van der Waals surface area contributed by atoms with Gasteiger partial charge in [0, 0.05) is 23.5 Å². The summed E-state index contributed by atoms with van der Waals surface area (Å²) in [5.41, 5.74) is -0.623. The molecule has 26 heavy (non-hydrogen) atoms. The second kappa shape index (κ2) is 6.25. The summed E-state index contributed by atoms with van der Waals surface area (Å²) < 4.78 is 41.1. The number of hydrogen-bond donors (Lipinski definition) is 1. The molecule has 0 radical (unpaired) electrons. The molecule has 1 aromatic heterocycles. The van der Waals surface area contributed by atoms with Gasteiger partial charge in [-0.05, 0) is 50.7 Å². The third kappa shape index (κ3) is 4.34. The van der Waals surface area contributed by atoms with Gasteiger partial charge in [-0.3, -0.25) is 9.78 Å². The lowest BCUT2D eigenvalue weighted by Crippen LogP contribution is -2.50. The highest BCUT2D eigenvalue weighted by molar-refractivity contribution is 5.97. The van der Waals surface area contributed by atoms with Crippen molar-refractivity contribution in [2.75, 3.05) is 0 Å². The number of nitrogens with one attached hydrogen (secondary N) is 1. The van der Waals surface area contributed by atoms with Crippen LogP contribution in [0.1, 0.15) is 56.8 Å². The van der Waals surface area contributed by atoms with E-state index in [1.807, 2.05) is 6.92 Å². The molecule has 1 aliphatic carbocycles. The molecule has 1 atom stereocenters. The van der Waals surface area contributed by atoms with Crippen LogP contribution in [0.2, 0.25) is 0 Å². The van der Waals surface area contributed by atoms with E-state index in [-0.39, 0.29) is 16.5 Å². The minimum Gasteiger partial charge on any atom is -0.347 e. The average molecular weight is 364 g/mol. The molecular formula is C20H23F3N2O. The zero-order chi connectivity index (χ0) is 19.2. The Morgan fingerprint density at radius 3 is 2.62 bits per heavy atom. The van der Waals surface area contributed by atoms with Gasteiger partial charge in [0.25, 0.3) is 5.91 Å². The molecular weight excluding hydrogens is 341 g/mol. The molecule has 1 aliphatic rings. The molecule has 1 amide bonds. The van der Waals surface area contributed by atoms with Crippen molar-refractivity contribution < 1.29 is 18.0 Å². The molecule has 0 unspecified atom stereocenters. The molecule has 2 aromatic rings. The van der Waals surface area contributed by atoms with Gasteiger partial charge in [-0.1, -0.05) is 19.1 Å². The van der Waals surface area contributed by atoms with Crippen LogP contribution in [0, 0.1) is 11.2 Å². The molecule has 0 bridgehead atoms. The molecule has 1 N–H and O–H groups in total. The van der Waals surface area contributed by atoms with E-state index in [4.69, 9.17) is 0 Å². The van der Waals surface area contributed by atoms with Crippen LogP contribution < -0.4 is 5.32 Å². The van der Waals surface area contributed by atoms with Gasteiger partial charge in [-0.15, -0.1) is 0 Å². The smallest absolute Gasteiger partial charge is 0.253 e. The zero-order valence-electron chi connectivity index (χ0n) is 15.2. The number of para-hydroxylation sites is 1. The topological polar surface area (TPSA) is 42.0 Å². The fourth-order valence-electron chi connectivity index (χ4n) is 3.76. The van der Waals surface area contributed by atoms with E-state index < -0.39 is 29.6 Å². The van der Waals surface area contributed by atoms with E-state index in [0.29, 0.717) is 11.8 Å². The average Bonchev–Trinajstić information content (AvgIpc) is 3.21. The van der Waals surface area contributed by atoms with Crippen LogP contribution in [0.4, 0.5) is 13.2 Å². The minimum atomic E-state index is -2.89. The van der Waals surface area contributed by atoms with Crippen molar-refractivity contribution in [3.8, 4) is 0 Å². The number of amides is 1. The van der Waals surface area contributed by atoms with Crippen molar-refractivity contribution in [3.05, 3.63) is 41.8 Å². The molecule has 0 aliphatic heterocycles. The lowest BCUT2D eigenvalue weighted by atomic mass is 9.83. The number of hydrogen-bond acceptors (Lipinski definition) is 2. The number of fused-ring (bicyclic) bond motifs is 1. The molecule has 1 heterocycles. The van der Waals surface area contributed by atoms with Gasteiger partial charge in [-0.25, -0.2) is 13.2 Å². The third-order valence-corrected chi connectivity index (χ3v) is 4.96. The first-order valence-corrected chi connectivity index (χ1v) is 8.73. The Balaban J connectivity index is 1.85. The number of carbonyl (C=O) groups excluding carboxylic acids is 1. The largest absolute Gasteiger partial charge is 0.347 e. The molecule has 6 heteroatoms. The van der Waals surface area contributed by atoms with Crippen molar-refractivity contribution in [1.29, 1.82) is 0 Å². The normalized spacial score (nSPS) is 18.4. The number of rotatable bonds is 6. The summed E-state index contributed by atoms with van der Waals surface area (Å²) in [6, 6.07) is 6.03. The zero-order valence-corrected chi connectivity index (χ0v) is 15.2. The van der Waals surface area contributed by atoms with Crippen molar-refractivity contribution in [1.82, 2.24) is 10.3 Å². The van der Waals surface area contributed by atoms with Gasteiger partial charge in [-0.2, -0.15) is 0 Å². The van der Waals surface area contributed by atoms with Gasteiger partial charge in [0.05, 0.1) is 5.56 Å². The van der Waals surface area contributed by atoms with Crippen molar-refractivity contribution in [2.24, 2.45) is 5.41 Å². The molecule has 1 fully saturated rings. The summed E-state index contributed by atoms with van der Waals surface area (Å²) in [5, 5.41) is 3.28. The Morgan fingerprint density at radius 1 is 1.31 bits per heavy atom. The van der Waals surface area contributed by atoms with Crippen LogP contribution in [0.5, 0.6) is 0 Å². The number of carbonyl (C=O) groups is 1. The van der Waals surface area contributed by atoms with Gasteiger partial charge in [0.1, 0.15) is 11.3 Å². The van der Waals surface area contributed by atoms with Gasteiger partial charge in [0.15, 0.2) is 0 Å². The quantitative estimate of drug-likeness (QED) is 0.775. The molecule has 1 saturated carbocycles. The maximum Gasteiger partial charge on any atom is 0.253 e. The highest BCUT2D eigenvalue weighted by Crippen LogP contribution is 2.52. The second-order valence-electron chi connectivity index (χ2n) is 8.28. The van der Waals surface area contributed by atoms with E-state index in [1.54, 1.807) is 13.0 Å². The SMILES string of the molecule is CC(F)(F)C[C@@](C)(CC1(C)CC1)NC(=O)c1cnc2c(F)cccc2c1. The van der Waals surface area contributed by atoms with Crippen LogP contribution >= 0.6 is 0 Å². The Labute approximate surface area is 151 Å². The summed E-state index contributed by atoms with van der Waals surface area (Å²) in [6.45, 7) is 4.58. The van der Waals surface area contributed by atoms with Crippen molar-refractivity contribution in [3.63, 3.8) is 0 Å². The molecule has 1 aromatic carbocycles. The van der Waals surface area contributed by atoms with Gasteiger partial charge in [0.2, 0.25) is 5.92 Å². The summed E-state index contributed by atoms with van der Waals surface area (Å²) in [5.74, 6) is -3.83. The molecule has 0 saturated heterocycles. The number of pyridine rings is 1. The van der Waals surface area contributed by atoms with E-state index >= 15 is 0 Å². The van der Waals surface area contributed by atoms with Crippen molar-refractivity contribution in [2.45, 2.75) is 57.9 Å². The van der Waals surface area contributed by atoms with Crippen LogP contribution in [0.15, 0.2) is 30.5 Å². The molecule has 140 valence electrons. The number of alkyl halides is 2. The number of nitrogens with zero attached hydrogens (tertiary/aromatic N) is 1. The van der Waals surface area contributed by atoms with E-state index in [2.05, 4.69) is 10.3 Å². The monoisotopic (exact) mass is 364 g/mol. The number of benzene rings is 1. The standard InChI is InChI=1S/C20H23F3N2O/c1-18(7-8-18)11-19(2,12-20(3,22)23)25-17(26)14-9-13-5-4-6-15(21)16(13)24-10-14/h4-6,9-10H,7-8,11-12H2,1-3H3,(H,25,26)/t19-/m1/s1. The fraction of sp³-hybridized carbons (Fsp3) is 0.500. The van der Waals surface area contributed by atoms with Crippen LogP contribution in [0.25, 0.3) is 10.9 Å². The molecule has 0 spiro atoms. The fourth-order valence-corrected chi connectivity index (χ4v) is 3.76. The van der Waals surface area contributed by atoms with Gasteiger partial charge < -0.3 is 5.32 Å². The molecule has 3 nitrogen and oxygen atoms in total. The Hall–Kier alpha value is -2.11. The maximum absolute atomic E-state index is 13.7. The maximum atomic E-state index is 13.7. The summed E-state index contributed by atoms with van der Waals surface area (Å²) in [4.78, 5) is 16.7. The van der Waals surface area contributed by atoms with Crippen LogP contribution in [-0.4, -0.2) is 22.4 Å². The van der Waals surface area contributed by atoms with Crippen LogP contribution in [0.3, 0.4) is 0 Å². The first kappa shape index (κ1) is 18.7. The highest BCUT2D eigenvalue weighted by Gasteiger charge is 2.47. The minimum absolute atomic E-state index is 0.00194. The second-order valence-corrected chi connectivity index (χ2v) is 8.28. The molecule has 3 rings (SSSR count). The summed E-state index contributed by atoms with van der Waals surface area (Å²) >= 11 is 0. The lowest BCUT2D eigenvalue weighted by molar-refractivity contribution is -0.0166. The Bertz CT molecular complexity index is 833. The van der Waals surface area contributed by atoms with Gasteiger partial charge >= 0.3 is 0 Å². The number of aromatic nitrogens is 1. The third-order valence-electron chi connectivity index (χ3n) is 4.96. The van der Waals surface area contributed by atoms with Crippen molar-refractivity contribution >= 4 is 16.8 Å².